The van der Waals surface area contributed by atoms with Gasteiger partial charge in [-0.15, -0.1) is 0 Å². The summed E-state index contributed by atoms with van der Waals surface area (Å²) >= 11 is 6.32. The molecular weight excluding hydrogens is 588 g/mol. The van der Waals surface area contributed by atoms with Crippen LogP contribution in [0.3, 0.4) is 0 Å². The molecule has 2 fully saturated rings. The highest BCUT2D eigenvalue weighted by atomic mass is 35.5. The first-order valence-corrected chi connectivity index (χ1v) is 15.8. The molecule has 11 nitrogen and oxygen atoms in total. The minimum Gasteiger partial charge on any atom is -0.497 e. The summed E-state index contributed by atoms with van der Waals surface area (Å²) in [6.45, 7) is 8.30. The number of pyridine rings is 1. The van der Waals surface area contributed by atoms with Gasteiger partial charge < -0.3 is 35.4 Å². The highest BCUT2D eigenvalue weighted by molar-refractivity contribution is 6.31. The fourth-order valence-electron chi connectivity index (χ4n) is 5.96. The summed E-state index contributed by atoms with van der Waals surface area (Å²) in [5.41, 5.74) is 3.95. The van der Waals surface area contributed by atoms with E-state index in [1.165, 1.54) is 5.69 Å². The van der Waals surface area contributed by atoms with Gasteiger partial charge in [-0.3, -0.25) is 0 Å². The minimum atomic E-state index is 0.582. The van der Waals surface area contributed by atoms with E-state index in [9.17, 15) is 0 Å². The maximum Gasteiger partial charge on any atom is 0.232 e. The number of nitrogens with one attached hydrogen (secondary N) is 3. The first-order valence-electron chi connectivity index (χ1n) is 15.5. The maximum atomic E-state index is 6.32. The Morgan fingerprint density at radius 3 is 2.18 bits per heavy atom. The van der Waals surface area contributed by atoms with Crippen molar-refractivity contribution in [2.24, 2.45) is 0 Å². The molecule has 4 heterocycles. The smallest absolute Gasteiger partial charge is 0.232 e. The predicted octanol–water partition coefficient (Wildman–Crippen LogP) is 4.50. The largest absolute Gasteiger partial charge is 0.497 e. The van der Waals surface area contributed by atoms with Gasteiger partial charge in [-0.05, 0) is 48.5 Å². The van der Waals surface area contributed by atoms with Crippen LogP contribution in [0.5, 0.6) is 5.75 Å². The summed E-state index contributed by atoms with van der Waals surface area (Å²) in [4.78, 5) is 26.4. The summed E-state index contributed by atoms with van der Waals surface area (Å²) in [7, 11) is 1.67. The molecule has 0 radical (unpaired) electrons. The second kappa shape index (κ2) is 13.2. The van der Waals surface area contributed by atoms with E-state index in [0.29, 0.717) is 24.1 Å². The molecule has 12 heteroatoms. The summed E-state index contributed by atoms with van der Waals surface area (Å²) < 4.78 is 5.52. The van der Waals surface area contributed by atoms with Crippen molar-refractivity contribution in [1.29, 1.82) is 0 Å². The Morgan fingerprint density at radius 1 is 0.711 bits per heavy atom. The number of rotatable bonds is 9. The number of benzene rings is 3. The second-order valence-electron chi connectivity index (χ2n) is 11.2. The molecule has 3 N–H and O–H groups in total. The molecule has 0 unspecified atom stereocenters. The molecule has 45 heavy (non-hydrogen) atoms. The first kappa shape index (κ1) is 29.1. The summed E-state index contributed by atoms with van der Waals surface area (Å²) in [5, 5.41) is 13.2. The van der Waals surface area contributed by atoms with Gasteiger partial charge in [0.05, 0.1) is 23.8 Å². The quantitative estimate of drug-likeness (QED) is 0.159. The highest BCUT2D eigenvalue weighted by Crippen LogP contribution is 2.34. The Morgan fingerprint density at radius 2 is 1.42 bits per heavy atom. The lowest BCUT2D eigenvalue weighted by atomic mass is 10.1. The Hall–Kier alpha value is -4.61. The topological polar surface area (TPSA) is 107 Å². The zero-order valence-electron chi connectivity index (χ0n) is 25.3. The van der Waals surface area contributed by atoms with Gasteiger partial charge >= 0.3 is 0 Å². The SMILES string of the molecule is COc1ccc2nc3cc(Cl)ccc3c(NCCNc3nc(N4CCNCC4)nc(N4CCN(c5ccccc5)CC4)n3)c2c1. The van der Waals surface area contributed by atoms with E-state index in [1.807, 2.05) is 36.4 Å². The molecule has 232 valence electrons. The lowest BCUT2D eigenvalue weighted by molar-refractivity contribution is 0.415. The number of fused-ring (bicyclic) bond motifs is 2. The van der Waals surface area contributed by atoms with Crippen LogP contribution < -0.4 is 35.4 Å². The third-order valence-electron chi connectivity index (χ3n) is 8.35. The van der Waals surface area contributed by atoms with Crippen molar-refractivity contribution in [2.75, 3.05) is 97.9 Å². The molecule has 7 rings (SSSR count). The second-order valence-corrected chi connectivity index (χ2v) is 11.6. The van der Waals surface area contributed by atoms with Crippen LogP contribution >= 0.6 is 11.6 Å². The van der Waals surface area contributed by atoms with Crippen molar-refractivity contribution in [3.8, 4) is 5.75 Å². The van der Waals surface area contributed by atoms with E-state index in [0.717, 1.165) is 97.5 Å². The van der Waals surface area contributed by atoms with Crippen LogP contribution in [0.4, 0.5) is 29.2 Å². The summed E-state index contributed by atoms with van der Waals surface area (Å²) in [5.74, 6) is 2.80. The fraction of sp³-hybridized carbons (Fsp3) is 0.333. The van der Waals surface area contributed by atoms with Crippen LogP contribution in [-0.4, -0.2) is 92.5 Å². The van der Waals surface area contributed by atoms with Gasteiger partial charge in [0.25, 0.3) is 0 Å². The molecule has 2 aliphatic heterocycles. The molecule has 0 spiro atoms. The molecule has 0 atom stereocenters. The van der Waals surface area contributed by atoms with E-state index < -0.39 is 0 Å². The highest BCUT2D eigenvalue weighted by Gasteiger charge is 2.23. The van der Waals surface area contributed by atoms with Crippen molar-refractivity contribution in [2.45, 2.75) is 0 Å². The molecule has 5 aromatic rings. The standard InChI is InChI=1S/C33H37ClN10O/c1-45-25-8-10-28-27(22-25)30(26-9-7-23(34)21-29(26)38-28)36-11-12-37-31-39-32(43-15-13-35-14-16-43)41-33(40-31)44-19-17-42(18-20-44)24-5-3-2-4-6-24/h2-10,21-22,35H,11-20H2,1H3,(H,36,38)(H,37,39,40,41). The first-order chi connectivity index (χ1) is 22.1. The van der Waals surface area contributed by atoms with E-state index in [1.54, 1.807) is 7.11 Å². The van der Waals surface area contributed by atoms with Crippen LogP contribution in [0, 0.1) is 0 Å². The van der Waals surface area contributed by atoms with Gasteiger partial charge in [-0.1, -0.05) is 29.8 Å². The molecule has 0 saturated carbocycles. The van der Waals surface area contributed by atoms with Crippen molar-refractivity contribution >= 4 is 62.6 Å². The number of piperazine rings is 2. The third kappa shape index (κ3) is 6.45. The number of halogens is 1. The van der Waals surface area contributed by atoms with Crippen LogP contribution in [0.2, 0.25) is 5.02 Å². The maximum absolute atomic E-state index is 6.32. The zero-order chi connectivity index (χ0) is 30.6. The summed E-state index contributed by atoms with van der Waals surface area (Å²) in [6.07, 6.45) is 0. The minimum absolute atomic E-state index is 0.582. The van der Waals surface area contributed by atoms with Crippen LogP contribution in [0.25, 0.3) is 21.8 Å². The number of ether oxygens (including phenoxy) is 1. The van der Waals surface area contributed by atoms with Crippen molar-refractivity contribution in [3.05, 3.63) is 71.8 Å². The van der Waals surface area contributed by atoms with Crippen LogP contribution in [0.15, 0.2) is 66.7 Å². The third-order valence-corrected chi connectivity index (χ3v) is 8.58. The van der Waals surface area contributed by atoms with Gasteiger partial charge in [-0.2, -0.15) is 15.0 Å². The zero-order valence-corrected chi connectivity index (χ0v) is 26.1. The number of hydrogen-bond acceptors (Lipinski definition) is 11. The Bertz CT molecular complexity index is 1780. The van der Waals surface area contributed by atoms with Crippen LogP contribution in [-0.2, 0) is 0 Å². The number of methoxy groups -OCH3 is 1. The van der Waals surface area contributed by atoms with E-state index >= 15 is 0 Å². The number of hydrogen-bond donors (Lipinski definition) is 3. The van der Waals surface area contributed by atoms with E-state index in [-0.39, 0.29) is 0 Å². The van der Waals surface area contributed by atoms with E-state index in [2.05, 4.69) is 61.0 Å². The van der Waals surface area contributed by atoms with Gasteiger partial charge in [0.2, 0.25) is 17.8 Å². The van der Waals surface area contributed by atoms with Crippen molar-refractivity contribution < 1.29 is 4.74 Å². The monoisotopic (exact) mass is 624 g/mol. The van der Waals surface area contributed by atoms with Gasteiger partial charge in [0, 0.05) is 86.9 Å². The molecular formula is C33H37ClN10O. The molecule has 3 aromatic carbocycles. The number of para-hydroxylation sites is 1. The molecule has 2 aromatic heterocycles. The Balaban J connectivity index is 1.09. The lowest BCUT2D eigenvalue weighted by Gasteiger charge is -2.36. The van der Waals surface area contributed by atoms with Gasteiger partial charge in [-0.25, -0.2) is 4.98 Å². The van der Waals surface area contributed by atoms with Crippen molar-refractivity contribution in [1.82, 2.24) is 25.3 Å². The Kier molecular flexibility index (Phi) is 8.52. The molecule has 0 amide bonds. The summed E-state index contributed by atoms with van der Waals surface area (Å²) in [6, 6.07) is 22.3. The fourth-order valence-corrected chi connectivity index (χ4v) is 6.13. The van der Waals surface area contributed by atoms with Gasteiger partial charge in [0.15, 0.2) is 0 Å². The molecule has 2 saturated heterocycles. The van der Waals surface area contributed by atoms with Crippen LogP contribution in [0.1, 0.15) is 0 Å². The Labute approximate surface area is 267 Å². The van der Waals surface area contributed by atoms with Gasteiger partial charge in [0.1, 0.15) is 5.75 Å². The number of nitrogens with zero attached hydrogens (tertiary/aromatic N) is 7. The molecule has 0 aliphatic carbocycles. The normalized spacial score (nSPS) is 15.5. The molecule has 2 aliphatic rings. The lowest BCUT2D eigenvalue weighted by Crippen LogP contribution is -2.48. The van der Waals surface area contributed by atoms with E-state index in [4.69, 9.17) is 36.3 Å². The predicted molar refractivity (Wildman–Crippen MR) is 184 cm³/mol. The molecule has 0 bridgehead atoms. The average molecular weight is 625 g/mol. The van der Waals surface area contributed by atoms with Crippen molar-refractivity contribution in [3.63, 3.8) is 0 Å². The number of anilines is 5. The number of aromatic nitrogens is 4. The average Bonchev–Trinajstić information content (AvgIpc) is 3.10.